The molecule has 1 N–H and O–H groups in total. The minimum Gasteiger partial charge on any atom is -0.480 e. The lowest BCUT2D eigenvalue weighted by Gasteiger charge is -2.38. The Morgan fingerprint density at radius 2 is 1.81 bits per heavy atom. The van der Waals surface area contributed by atoms with E-state index in [1.807, 2.05) is 24.3 Å². The van der Waals surface area contributed by atoms with Gasteiger partial charge in [-0.1, -0.05) is 0 Å². The molecule has 1 aromatic carbocycles. The van der Waals surface area contributed by atoms with Crippen molar-refractivity contribution in [3.05, 3.63) is 48.2 Å². The number of methoxy groups -OCH3 is 1. The molecular formula is C20H26N4O2. The summed E-state index contributed by atoms with van der Waals surface area (Å²) in [4.78, 5) is 21.4. The van der Waals surface area contributed by atoms with Gasteiger partial charge < -0.3 is 15.0 Å². The number of pyridine rings is 1. The molecule has 0 saturated carbocycles. The maximum atomic E-state index is 12.5. The summed E-state index contributed by atoms with van der Waals surface area (Å²) in [5.41, 5.74) is 2.33. The van der Waals surface area contributed by atoms with Crippen LogP contribution in [0.3, 0.4) is 0 Å². The number of carbonyl (C=O) groups is 1. The monoisotopic (exact) mass is 354 g/mol. The summed E-state index contributed by atoms with van der Waals surface area (Å²) < 4.78 is 5.17. The van der Waals surface area contributed by atoms with Gasteiger partial charge in [0.05, 0.1) is 7.11 Å². The molecule has 2 heterocycles. The summed E-state index contributed by atoms with van der Waals surface area (Å²) in [6.07, 6.45) is 1.63. The first kappa shape index (κ1) is 18.2. The lowest BCUT2D eigenvalue weighted by atomic mass is 10.1. The quantitative estimate of drug-likeness (QED) is 0.895. The molecule has 1 amide bonds. The minimum absolute atomic E-state index is 0.174. The van der Waals surface area contributed by atoms with Crippen molar-refractivity contribution >= 4 is 17.3 Å². The number of ether oxygens (including phenoxy) is 1. The molecule has 0 unspecified atom stereocenters. The minimum atomic E-state index is -0.174. The van der Waals surface area contributed by atoms with Crippen LogP contribution in [0.1, 0.15) is 24.2 Å². The number of nitrogens with zero attached hydrogens (tertiary/aromatic N) is 3. The predicted molar refractivity (Wildman–Crippen MR) is 104 cm³/mol. The number of piperazine rings is 1. The van der Waals surface area contributed by atoms with E-state index in [9.17, 15) is 4.79 Å². The average molecular weight is 354 g/mol. The average Bonchev–Trinajstić information content (AvgIpc) is 2.68. The van der Waals surface area contributed by atoms with Gasteiger partial charge >= 0.3 is 0 Å². The maximum absolute atomic E-state index is 12.5. The molecule has 2 aromatic rings. The fourth-order valence-electron chi connectivity index (χ4n) is 3.16. The lowest BCUT2D eigenvalue weighted by Crippen LogP contribution is -2.48. The fraction of sp³-hybridized carbons (Fsp3) is 0.400. The van der Waals surface area contributed by atoms with Gasteiger partial charge in [-0.05, 0) is 50.2 Å². The van der Waals surface area contributed by atoms with E-state index in [1.165, 1.54) is 7.11 Å². The molecule has 0 aliphatic carbocycles. The standard InChI is InChI=1S/C20H26N4O2/c1-15(2)23-11-13-24(14-12-23)17-8-6-16(7-9-17)19(25)22-18-5-4-10-21-20(18)26-3/h4-10,15H,11-14H2,1-3H3,(H,22,25). The molecule has 138 valence electrons. The normalized spacial score (nSPS) is 15.2. The maximum Gasteiger partial charge on any atom is 0.255 e. The highest BCUT2D eigenvalue weighted by Crippen LogP contribution is 2.22. The highest BCUT2D eigenvalue weighted by molar-refractivity contribution is 6.05. The van der Waals surface area contributed by atoms with Gasteiger partial charge in [0, 0.05) is 49.7 Å². The highest BCUT2D eigenvalue weighted by atomic mass is 16.5. The third-order valence-corrected chi connectivity index (χ3v) is 4.75. The molecule has 6 nitrogen and oxygen atoms in total. The Morgan fingerprint density at radius 1 is 1.12 bits per heavy atom. The number of carbonyl (C=O) groups excluding carboxylic acids is 1. The van der Waals surface area contributed by atoms with E-state index in [0.717, 1.165) is 31.9 Å². The van der Waals surface area contributed by atoms with E-state index in [-0.39, 0.29) is 5.91 Å². The Balaban J connectivity index is 1.63. The molecular weight excluding hydrogens is 328 g/mol. The first-order valence-corrected chi connectivity index (χ1v) is 8.98. The molecule has 1 aromatic heterocycles. The summed E-state index contributed by atoms with van der Waals surface area (Å²) in [7, 11) is 1.53. The van der Waals surface area contributed by atoms with E-state index in [4.69, 9.17) is 4.74 Å². The van der Waals surface area contributed by atoms with Gasteiger partial charge in [0.2, 0.25) is 5.88 Å². The second kappa shape index (κ2) is 8.19. The van der Waals surface area contributed by atoms with Gasteiger partial charge in [-0.25, -0.2) is 4.98 Å². The number of hydrogen-bond donors (Lipinski definition) is 1. The Bertz CT molecular complexity index is 738. The van der Waals surface area contributed by atoms with Gasteiger partial charge in [0.15, 0.2) is 0 Å². The van der Waals surface area contributed by atoms with E-state index >= 15 is 0 Å². The van der Waals surface area contributed by atoms with Crippen LogP contribution in [0.25, 0.3) is 0 Å². The van der Waals surface area contributed by atoms with Crippen molar-refractivity contribution in [1.29, 1.82) is 0 Å². The molecule has 1 aliphatic heterocycles. The number of nitrogens with one attached hydrogen (secondary N) is 1. The first-order chi connectivity index (χ1) is 12.6. The smallest absolute Gasteiger partial charge is 0.255 e. The van der Waals surface area contributed by atoms with Crippen molar-refractivity contribution in [2.45, 2.75) is 19.9 Å². The largest absolute Gasteiger partial charge is 0.480 e. The summed E-state index contributed by atoms with van der Waals surface area (Å²) >= 11 is 0. The third-order valence-electron chi connectivity index (χ3n) is 4.75. The first-order valence-electron chi connectivity index (χ1n) is 8.98. The van der Waals surface area contributed by atoms with Crippen molar-refractivity contribution in [3.63, 3.8) is 0 Å². The van der Waals surface area contributed by atoms with Gasteiger partial charge in [-0.15, -0.1) is 0 Å². The molecule has 1 saturated heterocycles. The highest BCUT2D eigenvalue weighted by Gasteiger charge is 2.19. The number of hydrogen-bond acceptors (Lipinski definition) is 5. The summed E-state index contributed by atoms with van der Waals surface area (Å²) in [5.74, 6) is 0.230. The van der Waals surface area contributed by atoms with Crippen molar-refractivity contribution in [2.24, 2.45) is 0 Å². The van der Waals surface area contributed by atoms with Crippen LogP contribution in [0.2, 0.25) is 0 Å². The van der Waals surface area contributed by atoms with E-state index < -0.39 is 0 Å². The number of anilines is 2. The van der Waals surface area contributed by atoms with E-state index in [0.29, 0.717) is 23.2 Å². The van der Waals surface area contributed by atoms with Crippen molar-refractivity contribution in [1.82, 2.24) is 9.88 Å². The Labute approximate surface area is 154 Å². The van der Waals surface area contributed by atoms with Gasteiger partial charge in [0.25, 0.3) is 5.91 Å². The third kappa shape index (κ3) is 4.14. The molecule has 6 heteroatoms. The van der Waals surface area contributed by atoms with Gasteiger partial charge in [-0.2, -0.15) is 0 Å². The summed E-state index contributed by atoms with van der Waals surface area (Å²) in [5, 5.41) is 2.85. The van der Waals surface area contributed by atoms with Crippen LogP contribution in [0.4, 0.5) is 11.4 Å². The number of aromatic nitrogens is 1. The zero-order valence-electron chi connectivity index (χ0n) is 15.6. The zero-order chi connectivity index (χ0) is 18.5. The topological polar surface area (TPSA) is 57.7 Å². The van der Waals surface area contributed by atoms with E-state index in [1.54, 1.807) is 18.3 Å². The van der Waals surface area contributed by atoms with Crippen LogP contribution in [-0.4, -0.2) is 55.1 Å². The van der Waals surface area contributed by atoms with Crippen molar-refractivity contribution in [3.8, 4) is 5.88 Å². The van der Waals surface area contributed by atoms with Crippen molar-refractivity contribution in [2.75, 3.05) is 43.5 Å². The second-order valence-corrected chi connectivity index (χ2v) is 6.68. The van der Waals surface area contributed by atoms with Gasteiger partial charge in [0.1, 0.15) is 5.69 Å². The molecule has 0 spiro atoms. The molecule has 0 bridgehead atoms. The lowest BCUT2D eigenvalue weighted by molar-refractivity contribution is 0.102. The number of benzene rings is 1. The molecule has 1 aliphatic rings. The Morgan fingerprint density at radius 3 is 2.42 bits per heavy atom. The van der Waals surface area contributed by atoms with Crippen LogP contribution in [0.5, 0.6) is 5.88 Å². The molecule has 26 heavy (non-hydrogen) atoms. The van der Waals surface area contributed by atoms with Crippen LogP contribution in [0.15, 0.2) is 42.6 Å². The van der Waals surface area contributed by atoms with Crippen LogP contribution < -0.4 is 15.0 Å². The Hall–Kier alpha value is -2.60. The zero-order valence-corrected chi connectivity index (χ0v) is 15.6. The van der Waals surface area contributed by atoms with Gasteiger partial charge in [-0.3, -0.25) is 9.69 Å². The molecule has 1 fully saturated rings. The fourth-order valence-corrected chi connectivity index (χ4v) is 3.16. The number of amides is 1. The van der Waals surface area contributed by atoms with E-state index in [2.05, 4.69) is 33.9 Å². The van der Waals surface area contributed by atoms with Crippen molar-refractivity contribution < 1.29 is 9.53 Å². The molecule has 3 rings (SSSR count). The SMILES string of the molecule is COc1ncccc1NC(=O)c1ccc(N2CCN(C(C)C)CC2)cc1. The molecule has 0 radical (unpaired) electrons. The second-order valence-electron chi connectivity index (χ2n) is 6.68. The van der Waals surface area contributed by atoms with Crippen LogP contribution in [0, 0.1) is 0 Å². The summed E-state index contributed by atoms with van der Waals surface area (Å²) in [6.45, 7) is 8.63. The predicted octanol–water partition coefficient (Wildman–Crippen LogP) is 2.87. The van der Waals surface area contributed by atoms with Crippen LogP contribution >= 0.6 is 0 Å². The molecule has 0 atom stereocenters. The number of rotatable bonds is 5. The Kier molecular flexibility index (Phi) is 5.73. The summed E-state index contributed by atoms with van der Waals surface area (Å²) in [6, 6.07) is 11.9. The van der Waals surface area contributed by atoms with Crippen LogP contribution in [-0.2, 0) is 0 Å².